The van der Waals surface area contributed by atoms with E-state index in [-0.39, 0.29) is 0 Å². The highest BCUT2D eigenvalue weighted by molar-refractivity contribution is 9.10. The third-order valence-electron chi connectivity index (χ3n) is 2.46. The second-order valence-corrected chi connectivity index (χ2v) is 4.35. The van der Waals surface area contributed by atoms with Crippen LogP contribution in [-0.2, 0) is 11.3 Å². The molecule has 0 saturated heterocycles. The maximum atomic E-state index is 10.8. The Morgan fingerprint density at radius 3 is 2.56 bits per heavy atom. The molecular formula is C11H15BrN2O2. The normalized spacial score (nSPS) is 11.9. The molecule has 1 N–H and O–H groups in total. The van der Waals surface area contributed by atoms with Gasteiger partial charge in [-0.1, -0.05) is 13.0 Å². The van der Waals surface area contributed by atoms with Crippen LogP contribution in [0.25, 0.3) is 0 Å². The van der Waals surface area contributed by atoms with Gasteiger partial charge in [0, 0.05) is 5.57 Å². The standard InChI is InChI=1S/C11H15BrN2O2/c1-4-9(11(15)16)5-6-14-8(3)10(12)7(2)13-14/h5H,4,6H2,1-3H3,(H,15,16). The largest absolute Gasteiger partial charge is 0.478 e. The lowest BCUT2D eigenvalue weighted by Crippen LogP contribution is -2.05. The smallest absolute Gasteiger partial charge is 0.331 e. The van der Waals surface area contributed by atoms with E-state index in [4.69, 9.17) is 5.11 Å². The van der Waals surface area contributed by atoms with Crippen LogP contribution in [0.4, 0.5) is 0 Å². The first-order chi connectivity index (χ1) is 7.47. The SMILES string of the molecule is CCC(=CCn1nc(C)c(Br)c1C)C(=O)O. The zero-order chi connectivity index (χ0) is 12.3. The van der Waals surface area contributed by atoms with Crippen LogP contribution >= 0.6 is 15.9 Å². The zero-order valence-electron chi connectivity index (χ0n) is 9.62. The van der Waals surface area contributed by atoms with Gasteiger partial charge in [0.1, 0.15) is 0 Å². The van der Waals surface area contributed by atoms with E-state index in [1.807, 2.05) is 20.8 Å². The third kappa shape index (κ3) is 2.72. The van der Waals surface area contributed by atoms with Crippen molar-refractivity contribution in [3.8, 4) is 0 Å². The molecule has 0 aliphatic rings. The molecule has 0 unspecified atom stereocenters. The number of carboxylic acids is 1. The molecule has 0 amide bonds. The zero-order valence-corrected chi connectivity index (χ0v) is 11.2. The Kier molecular flexibility index (Phi) is 4.29. The van der Waals surface area contributed by atoms with Crippen molar-refractivity contribution in [2.24, 2.45) is 0 Å². The lowest BCUT2D eigenvalue weighted by atomic mass is 10.2. The summed E-state index contributed by atoms with van der Waals surface area (Å²) in [5.74, 6) is -0.858. The fourth-order valence-electron chi connectivity index (χ4n) is 1.43. The minimum Gasteiger partial charge on any atom is -0.478 e. The predicted octanol–water partition coefficient (Wildman–Crippen LogP) is 2.68. The quantitative estimate of drug-likeness (QED) is 0.866. The summed E-state index contributed by atoms with van der Waals surface area (Å²) in [4.78, 5) is 10.8. The van der Waals surface area contributed by atoms with Gasteiger partial charge in [0.25, 0.3) is 0 Å². The Bertz CT molecular complexity index is 435. The van der Waals surface area contributed by atoms with Gasteiger partial charge in [-0.25, -0.2) is 4.79 Å². The van der Waals surface area contributed by atoms with Gasteiger partial charge in [-0.15, -0.1) is 0 Å². The number of allylic oxidation sites excluding steroid dienone is 1. The molecule has 1 rings (SSSR count). The van der Waals surface area contributed by atoms with Crippen LogP contribution in [-0.4, -0.2) is 20.9 Å². The fourth-order valence-corrected chi connectivity index (χ4v) is 1.72. The third-order valence-corrected chi connectivity index (χ3v) is 3.61. The highest BCUT2D eigenvalue weighted by atomic mass is 79.9. The summed E-state index contributed by atoms with van der Waals surface area (Å²) < 4.78 is 2.77. The summed E-state index contributed by atoms with van der Waals surface area (Å²) in [6.45, 7) is 6.18. The Labute approximate surface area is 103 Å². The predicted molar refractivity (Wildman–Crippen MR) is 65.4 cm³/mol. The number of carbonyl (C=O) groups is 1. The number of rotatable bonds is 4. The number of hydrogen-bond acceptors (Lipinski definition) is 2. The molecule has 0 radical (unpaired) electrons. The summed E-state index contributed by atoms with van der Waals surface area (Å²) >= 11 is 3.43. The maximum Gasteiger partial charge on any atom is 0.331 e. The van der Waals surface area contributed by atoms with Crippen LogP contribution in [0, 0.1) is 13.8 Å². The van der Waals surface area contributed by atoms with Gasteiger partial charge < -0.3 is 5.11 Å². The van der Waals surface area contributed by atoms with Gasteiger partial charge in [0.2, 0.25) is 0 Å². The topological polar surface area (TPSA) is 55.1 Å². The molecule has 1 aromatic rings. The van der Waals surface area contributed by atoms with Crippen LogP contribution in [0.3, 0.4) is 0 Å². The van der Waals surface area contributed by atoms with Gasteiger partial charge in [-0.2, -0.15) is 5.10 Å². The van der Waals surface area contributed by atoms with E-state index in [0.717, 1.165) is 15.9 Å². The number of hydrogen-bond donors (Lipinski definition) is 1. The molecule has 88 valence electrons. The molecule has 0 atom stereocenters. The number of halogens is 1. The minimum absolute atomic E-state index is 0.420. The Hall–Kier alpha value is -1.10. The molecule has 1 aromatic heterocycles. The number of aromatic nitrogens is 2. The summed E-state index contributed by atoms with van der Waals surface area (Å²) in [6.07, 6.45) is 2.23. The van der Waals surface area contributed by atoms with Gasteiger partial charge >= 0.3 is 5.97 Å². The Morgan fingerprint density at radius 2 is 2.19 bits per heavy atom. The molecule has 0 bridgehead atoms. The number of aryl methyl sites for hydroxylation is 1. The van der Waals surface area contributed by atoms with E-state index in [9.17, 15) is 4.79 Å². The van der Waals surface area contributed by atoms with Gasteiger partial charge in [0.05, 0.1) is 22.4 Å². The van der Waals surface area contributed by atoms with Crippen LogP contribution in [0.5, 0.6) is 0 Å². The molecule has 0 saturated carbocycles. The molecular weight excluding hydrogens is 272 g/mol. The van der Waals surface area contributed by atoms with E-state index in [2.05, 4.69) is 21.0 Å². The molecule has 0 spiro atoms. The molecule has 16 heavy (non-hydrogen) atoms. The highest BCUT2D eigenvalue weighted by Gasteiger charge is 2.08. The second-order valence-electron chi connectivity index (χ2n) is 3.55. The van der Waals surface area contributed by atoms with Crippen molar-refractivity contribution in [3.63, 3.8) is 0 Å². The molecule has 4 nitrogen and oxygen atoms in total. The maximum absolute atomic E-state index is 10.8. The van der Waals surface area contributed by atoms with E-state index in [0.29, 0.717) is 18.5 Å². The molecule has 0 aliphatic carbocycles. The molecule has 5 heteroatoms. The van der Waals surface area contributed by atoms with Crippen LogP contribution in [0.15, 0.2) is 16.1 Å². The van der Waals surface area contributed by atoms with Crippen LogP contribution < -0.4 is 0 Å². The monoisotopic (exact) mass is 286 g/mol. The van der Waals surface area contributed by atoms with E-state index >= 15 is 0 Å². The summed E-state index contributed by atoms with van der Waals surface area (Å²) in [7, 11) is 0. The van der Waals surface area contributed by atoms with Gasteiger partial charge in [0.15, 0.2) is 0 Å². The van der Waals surface area contributed by atoms with Crippen molar-refractivity contribution >= 4 is 21.9 Å². The van der Waals surface area contributed by atoms with Crippen molar-refractivity contribution < 1.29 is 9.90 Å². The first-order valence-corrected chi connectivity index (χ1v) is 5.88. The van der Waals surface area contributed by atoms with Gasteiger partial charge in [-0.3, -0.25) is 4.68 Å². The molecule has 0 aromatic carbocycles. The average Bonchev–Trinajstić information content (AvgIpc) is 2.47. The van der Waals surface area contributed by atoms with Crippen LogP contribution in [0.2, 0.25) is 0 Å². The highest BCUT2D eigenvalue weighted by Crippen LogP contribution is 2.19. The first-order valence-electron chi connectivity index (χ1n) is 5.09. The van der Waals surface area contributed by atoms with Crippen molar-refractivity contribution in [1.82, 2.24) is 9.78 Å². The van der Waals surface area contributed by atoms with Gasteiger partial charge in [-0.05, 0) is 36.2 Å². The Balaban J connectivity index is 2.89. The van der Waals surface area contributed by atoms with Crippen molar-refractivity contribution in [3.05, 3.63) is 27.5 Å². The van der Waals surface area contributed by atoms with Crippen molar-refractivity contribution in [2.45, 2.75) is 33.7 Å². The van der Waals surface area contributed by atoms with E-state index < -0.39 is 5.97 Å². The number of nitrogens with zero attached hydrogens (tertiary/aromatic N) is 2. The average molecular weight is 287 g/mol. The van der Waals surface area contributed by atoms with Crippen molar-refractivity contribution in [2.75, 3.05) is 0 Å². The number of carboxylic acid groups (broad SMARTS) is 1. The van der Waals surface area contributed by atoms with E-state index in [1.54, 1.807) is 10.8 Å². The van der Waals surface area contributed by atoms with E-state index in [1.165, 1.54) is 0 Å². The fraction of sp³-hybridized carbons (Fsp3) is 0.455. The molecule has 1 heterocycles. The first kappa shape index (κ1) is 13.0. The summed E-state index contributed by atoms with van der Waals surface area (Å²) in [5, 5.41) is 13.2. The second kappa shape index (κ2) is 5.30. The molecule has 0 aliphatic heterocycles. The summed E-state index contributed by atoms with van der Waals surface area (Å²) in [6, 6.07) is 0. The van der Waals surface area contributed by atoms with Crippen molar-refractivity contribution in [1.29, 1.82) is 0 Å². The lowest BCUT2D eigenvalue weighted by molar-refractivity contribution is -0.132. The van der Waals surface area contributed by atoms with Crippen LogP contribution in [0.1, 0.15) is 24.7 Å². The summed E-state index contributed by atoms with van der Waals surface area (Å²) in [5.41, 5.74) is 2.34. The Morgan fingerprint density at radius 1 is 1.56 bits per heavy atom. The lowest BCUT2D eigenvalue weighted by Gasteiger charge is -2.01. The molecule has 0 fully saturated rings. The minimum atomic E-state index is -0.858. The number of aliphatic carboxylic acids is 1.